The van der Waals surface area contributed by atoms with E-state index in [0.717, 1.165) is 0 Å². The van der Waals surface area contributed by atoms with E-state index in [2.05, 4.69) is 10.6 Å². The smallest absolute Gasteiger partial charge is 0.252 e. The Balaban J connectivity index is 1.70. The summed E-state index contributed by atoms with van der Waals surface area (Å²) in [6.45, 7) is 9.69. The Morgan fingerprint density at radius 3 is 2.39 bits per heavy atom. The maximum absolute atomic E-state index is 13.0. The number of nitrogens with zero attached hydrogens (tertiary/aromatic N) is 1. The maximum Gasteiger partial charge on any atom is 0.252 e. The summed E-state index contributed by atoms with van der Waals surface area (Å²) in [6, 6.07) is 4.33. The van der Waals surface area contributed by atoms with Gasteiger partial charge in [0.2, 0.25) is 18.6 Å². The second kappa shape index (κ2) is 10.0. The van der Waals surface area contributed by atoms with Crippen molar-refractivity contribution < 1.29 is 23.9 Å². The molecule has 3 rings (SSSR count). The molecule has 0 bridgehead atoms. The third kappa shape index (κ3) is 5.68. The molecule has 8 nitrogen and oxygen atoms in total. The monoisotopic (exact) mass is 431 g/mol. The number of hydrogen-bond acceptors (Lipinski definition) is 5. The Morgan fingerprint density at radius 2 is 1.74 bits per heavy atom. The first-order valence-electron chi connectivity index (χ1n) is 11.0. The predicted octanol–water partition coefficient (Wildman–Crippen LogP) is 2.18. The van der Waals surface area contributed by atoms with E-state index in [-0.39, 0.29) is 36.4 Å². The van der Waals surface area contributed by atoms with Gasteiger partial charge < -0.3 is 25.0 Å². The largest absolute Gasteiger partial charge is 0.454 e. The van der Waals surface area contributed by atoms with Gasteiger partial charge in [0.05, 0.1) is 0 Å². The number of amides is 3. The number of carbonyl (C=O) groups excluding carboxylic acids is 3. The van der Waals surface area contributed by atoms with E-state index in [1.54, 1.807) is 18.2 Å². The molecule has 1 aromatic rings. The van der Waals surface area contributed by atoms with Crippen LogP contribution in [0.5, 0.6) is 11.5 Å². The van der Waals surface area contributed by atoms with Gasteiger partial charge in [0.15, 0.2) is 11.5 Å². The highest BCUT2D eigenvalue weighted by molar-refractivity contribution is 5.98. The first-order chi connectivity index (χ1) is 14.8. The molecule has 0 aliphatic carbocycles. The summed E-state index contributed by atoms with van der Waals surface area (Å²) < 4.78 is 10.7. The Kier molecular flexibility index (Phi) is 7.41. The van der Waals surface area contributed by atoms with Gasteiger partial charge in [-0.25, -0.2) is 0 Å². The van der Waals surface area contributed by atoms with Gasteiger partial charge in [-0.2, -0.15) is 0 Å². The molecule has 3 amide bonds. The molecule has 2 aliphatic rings. The molecule has 1 aromatic carbocycles. The van der Waals surface area contributed by atoms with Gasteiger partial charge in [-0.3, -0.25) is 14.4 Å². The molecule has 8 heteroatoms. The summed E-state index contributed by atoms with van der Waals surface area (Å²) in [5.74, 6) is 0.955. The van der Waals surface area contributed by atoms with E-state index in [0.29, 0.717) is 55.5 Å². The third-order valence-electron chi connectivity index (χ3n) is 5.70. The Bertz CT molecular complexity index is 815. The molecule has 0 saturated carbocycles. The molecule has 31 heavy (non-hydrogen) atoms. The van der Waals surface area contributed by atoms with E-state index >= 15 is 0 Å². The van der Waals surface area contributed by atoms with Crippen LogP contribution in [0.2, 0.25) is 0 Å². The van der Waals surface area contributed by atoms with Crippen molar-refractivity contribution in [1.29, 1.82) is 0 Å². The van der Waals surface area contributed by atoms with Gasteiger partial charge in [0, 0.05) is 31.1 Å². The van der Waals surface area contributed by atoms with Gasteiger partial charge in [0.1, 0.15) is 6.04 Å². The van der Waals surface area contributed by atoms with Crippen molar-refractivity contribution in [2.24, 2.45) is 17.8 Å². The lowest BCUT2D eigenvalue weighted by atomic mass is 9.88. The highest BCUT2D eigenvalue weighted by atomic mass is 16.7. The number of benzene rings is 1. The van der Waals surface area contributed by atoms with Crippen LogP contribution >= 0.6 is 0 Å². The van der Waals surface area contributed by atoms with E-state index in [1.165, 1.54) is 0 Å². The van der Waals surface area contributed by atoms with Crippen molar-refractivity contribution >= 4 is 17.7 Å². The second-order valence-electron chi connectivity index (χ2n) is 8.98. The van der Waals surface area contributed by atoms with Crippen LogP contribution in [0.3, 0.4) is 0 Å². The average Bonchev–Trinajstić information content (AvgIpc) is 3.23. The summed E-state index contributed by atoms with van der Waals surface area (Å²) in [5.41, 5.74) is 0.415. The minimum absolute atomic E-state index is 0.0404. The number of piperidine rings is 1. The van der Waals surface area contributed by atoms with Crippen LogP contribution in [0, 0.1) is 17.8 Å². The van der Waals surface area contributed by atoms with Crippen LogP contribution in [0.15, 0.2) is 18.2 Å². The maximum atomic E-state index is 13.0. The average molecular weight is 432 g/mol. The van der Waals surface area contributed by atoms with Crippen molar-refractivity contribution in [1.82, 2.24) is 15.5 Å². The summed E-state index contributed by atoms with van der Waals surface area (Å²) in [5, 5.41) is 5.89. The molecule has 0 aromatic heterocycles. The summed E-state index contributed by atoms with van der Waals surface area (Å²) >= 11 is 0. The summed E-state index contributed by atoms with van der Waals surface area (Å²) in [4.78, 5) is 40.1. The van der Waals surface area contributed by atoms with Crippen LogP contribution in [-0.2, 0) is 9.59 Å². The number of hydrogen-bond donors (Lipinski definition) is 2. The zero-order chi connectivity index (χ0) is 22.5. The van der Waals surface area contributed by atoms with Crippen LogP contribution < -0.4 is 20.1 Å². The Labute approximate surface area is 183 Å². The number of fused-ring (bicyclic) bond motifs is 1. The molecule has 1 saturated heterocycles. The second-order valence-corrected chi connectivity index (χ2v) is 8.98. The molecule has 2 heterocycles. The van der Waals surface area contributed by atoms with E-state index < -0.39 is 6.04 Å². The number of ether oxygens (including phenoxy) is 2. The number of rotatable bonds is 7. The Hall–Kier alpha value is -2.77. The molecule has 0 radical (unpaired) electrons. The van der Waals surface area contributed by atoms with Crippen molar-refractivity contribution in [3.63, 3.8) is 0 Å². The van der Waals surface area contributed by atoms with Crippen LogP contribution in [0.25, 0.3) is 0 Å². The lowest BCUT2D eigenvalue weighted by Crippen LogP contribution is -2.54. The van der Waals surface area contributed by atoms with Crippen LogP contribution in [0.1, 0.15) is 50.9 Å². The van der Waals surface area contributed by atoms with Gasteiger partial charge in [-0.15, -0.1) is 0 Å². The molecule has 1 fully saturated rings. The van der Waals surface area contributed by atoms with Gasteiger partial charge in [-0.1, -0.05) is 27.7 Å². The molecule has 2 N–H and O–H groups in total. The number of carbonyl (C=O) groups is 3. The molecular formula is C23H33N3O5. The van der Waals surface area contributed by atoms with Crippen LogP contribution in [0.4, 0.5) is 0 Å². The normalized spacial score (nSPS) is 17.0. The van der Waals surface area contributed by atoms with Gasteiger partial charge >= 0.3 is 0 Å². The lowest BCUT2D eigenvalue weighted by molar-refractivity contribution is -0.136. The fraction of sp³-hybridized carbons (Fsp3) is 0.609. The number of nitrogens with one attached hydrogen (secondary N) is 2. The lowest BCUT2D eigenvalue weighted by Gasteiger charge is -2.36. The minimum atomic E-state index is -0.659. The Morgan fingerprint density at radius 1 is 1.06 bits per heavy atom. The molecule has 0 spiro atoms. The highest BCUT2D eigenvalue weighted by Gasteiger charge is 2.34. The third-order valence-corrected chi connectivity index (χ3v) is 5.70. The zero-order valence-electron chi connectivity index (χ0n) is 18.8. The van der Waals surface area contributed by atoms with Crippen molar-refractivity contribution in [2.45, 2.75) is 46.6 Å². The number of likely N-dealkylation sites (tertiary alicyclic amines) is 1. The molecule has 170 valence electrons. The minimum Gasteiger partial charge on any atom is -0.454 e. The topological polar surface area (TPSA) is 97.0 Å². The fourth-order valence-corrected chi connectivity index (χ4v) is 3.89. The van der Waals surface area contributed by atoms with Gasteiger partial charge in [-0.05, 0) is 42.9 Å². The fourth-order valence-electron chi connectivity index (χ4n) is 3.89. The van der Waals surface area contributed by atoms with Crippen LogP contribution in [-0.4, -0.2) is 55.1 Å². The summed E-state index contributed by atoms with van der Waals surface area (Å²) in [7, 11) is 0. The molecule has 2 aliphatic heterocycles. The first kappa shape index (κ1) is 22.9. The molecular weight excluding hydrogens is 398 g/mol. The quantitative estimate of drug-likeness (QED) is 0.690. The van der Waals surface area contributed by atoms with E-state index in [4.69, 9.17) is 9.47 Å². The standard InChI is InChI=1S/C23H33N3O5/c1-14(2)12-24-22(28)20(16-7-9-26(10-8-16)23(29)15(3)4)25-21(27)17-5-6-18-19(11-17)31-13-30-18/h5-6,11,14-16,20H,7-10,12-13H2,1-4H3,(H,24,28)(H,25,27). The van der Waals surface area contributed by atoms with E-state index in [9.17, 15) is 14.4 Å². The SMILES string of the molecule is CC(C)CNC(=O)C(NC(=O)c1ccc2c(c1)OCO2)C1CCN(C(=O)C(C)C)CC1. The van der Waals surface area contributed by atoms with Crippen molar-refractivity contribution in [2.75, 3.05) is 26.4 Å². The van der Waals surface area contributed by atoms with Gasteiger partial charge in [0.25, 0.3) is 5.91 Å². The highest BCUT2D eigenvalue weighted by Crippen LogP contribution is 2.32. The predicted molar refractivity (Wildman–Crippen MR) is 116 cm³/mol. The molecule has 1 atom stereocenters. The van der Waals surface area contributed by atoms with Crippen molar-refractivity contribution in [3.05, 3.63) is 23.8 Å². The zero-order valence-corrected chi connectivity index (χ0v) is 18.8. The summed E-state index contributed by atoms with van der Waals surface area (Å²) in [6.07, 6.45) is 1.33. The van der Waals surface area contributed by atoms with Crippen molar-refractivity contribution in [3.8, 4) is 11.5 Å². The van der Waals surface area contributed by atoms with E-state index in [1.807, 2.05) is 32.6 Å². The molecule has 1 unspecified atom stereocenters. The first-order valence-corrected chi connectivity index (χ1v) is 11.0.